The molecule has 37 heavy (non-hydrogen) atoms. The van der Waals surface area contributed by atoms with E-state index in [2.05, 4.69) is 29.0 Å². The highest BCUT2D eigenvalue weighted by Gasteiger charge is 2.38. The Morgan fingerprint density at radius 3 is 2.43 bits per heavy atom. The quantitative estimate of drug-likeness (QED) is 0.513. The number of carbonyl (C=O) groups excluding carboxylic acids is 2. The SMILES string of the molecule is C[C@@H]1CCC[C@H](C)N1C(=O)C1CCCN(C2CCN(C(=O)c3c(NC(N)O)sc4ccccc34)CC2)C1. The highest BCUT2D eigenvalue weighted by molar-refractivity contribution is 7.23. The van der Waals surface area contributed by atoms with Gasteiger partial charge in [-0.2, -0.15) is 0 Å². The van der Waals surface area contributed by atoms with Gasteiger partial charge in [0.05, 0.1) is 11.5 Å². The number of hydrogen-bond donors (Lipinski definition) is 3. The first kappa shape index (κ1) is 26.4. The lowest BCUT2D eigenvalue weighted by atomic mass is 9.90. The zero-order valence-electron chi connectivity index (χ0n) is 22.1. The molecule has 0 aliphatic carbocycles. The molecule has 3 fully saturated rings. The Bertz CT molecular complexity index is 1100. The van der Waals surface area contributed by atoms with Crippen LogP contribution in [0, 0.1) is 5.92 Å². The third-order valence-corrected chi connectivity index (χ3v) is 9.71. The van der Waals surface area contributed by atoms with Gasteiger partial charge in [-0.1, -0.05) is 18.2 Å². The van der Waals surface area contributed by atoms with Crippen LogP contribution in [0.4, 0.5) is 5.00 Å². The van der Waals surface area contributed by atoms with Crippen LogP contribution in [0.25, 0.3) is 10.1 Å². The molecule has 2 aromatic rings. The molecule has 5 rings (SSSR count). The van der Waals surface area contributed by atoms with Gasteiger partial charge in [-0.15, -0.1) is 11.3 Å². The molecule has 0 saturated carbocycles. The first-order chi connectivity index (χ1) is 17.8. The summed E-state index contributed by atoms with van der Waals surface area (Å²) in [5, 5.41) is 14.1. The predicted octanol–water partition coefficient (Wildman–Crippen LogP) is 3.65. The Morgan fingerprint density at radius 2 is 1.73 bits per heavy atom. The lowest BCUT2D eigenvalue weighted by Gasteiger charge is -2.45. The maximum atomic E-state index is 13.6. The summed E-state index contributed by atoms with van der Waals surface area (Å²) < 4.78 is 0.991. The van der Waals surface area contributed by atoms with Gasteiger partial charge in [0.2, 0.25) is 5.91 Å². The molecule has 2 unspecified atom stereocenters. The number of nitrogens with zero attached hydrogens (tertiary/aromatic N) is 3. The van der Waals surface area contributed by atoms with Gasteiger partial charge in [0.1, 0.15) is 5.00 Å². The van der Waals surface area contributed by atoms with Crippen molar-refractivity contribution in [3.63, 3.8) is 0 Å². The molecule has 3 saturated heterocycles. The van der Waals surface area contributed by atoms with Crippen LogP contribution in [0.15, 0.2) is 24.3 Å². The van der Waals surface area contributed by atoms with Crippen molar-refractivity contribution in [2.75, 3.05) is 31.5 Å². The molecule has 3 aliphatic rings. The number of benzene rings is 1. The number of nitrogens with one attached hydrogen (secondary N) is 1. The number of aliphatic hydroxyl groups excluding tert-OH is 1. The van der Waals surface area contributed by atoms with Crippen LogP contribution >= 0.6 is 11.3 Å². The number of carbonyl (C=O) groups is 2. The summed E-state index contributed by atoms with van der Waals surface area (Å²) in [6.07, 6.45) is 6.07. The van der Waals surface area contributed by atoms with E-state index in [1.807, 2.05) is 29.2 Å². The summed E-state index contributed by atoms with van der Waals surface area (Å²) in [5.41, 5.74) is 6.18. The molecule has 8 nitrogen and oxygen atoms in total. The van der Waals surface area contributed by atoms with E-state index in [9.17, 15) is 14.7 Å². The van der Waals surface area contributed by atoms with Crippen molar-refractivity contribution in [1.82, 2.24) is 14.7 Å². The van der Waals surface area contributed by atoms with Gasteiger partial charge in [0.25, 0.3) is 5.91 Å². The summed E-state index contributed by atoms with van der Waals surface area (Å²) in [6, 6.07) is 8.90. The summed E-state index contributed by atoms with van der Waals surface area (Å²) in [4.78, 5) is 33.8. The number of fused-ring (bicyclic) bond motifs is 1. The second kappa shape index (κ2) is 11.3. The van der Waals surface area contributed by atoms with E-state index < -0.39 is 6.35 Å². The van der Waals surface area contributed by atoms with Crippen molar-refractivity contribution in [3.8, 4) is 0 Å². The monoisotopic (exact) mass is 527 g/mol. The van der Waals surface area contributed by atoms with Crippen molar-refractivity contribution in [3.05, 3.63) is 29.8 Å². The third kappa shape index (κ3) is 5.50. The van der Waals surface area contributed by atoms with Gasteiger partial charge in [0.15, 0.2) is 6.35 Å². The number of nitrogens with two attached hydrogens (primary N) is 1. The van der Waals surface area contributed by atoms with Crippen LogP contribution in [0.2, 0.25) is 0 Å². The van der Waals surface area contributed by atoms with Crippen molar-refractivity contribution >= 4 is 38.2 Å². The second-order valence-corrected chi connectivity index (χ2v) is 12.2. The van der Waals surface area contributed by atoms with Gasteiger partial charge >= 0.3 is 0 Å². The zero-order valence-corrected chi connectivity index (χ0v) is 22.9. The number of amides is 2. The highest BCUT2D eigenvalue weighted by Crippen LogP contribution is 2.37. The molecule has 202 valence electrons. The van der Waals surface area contributed by atoms with E-state index in [0.717, 1.165) is 61.7 Å². The maximum Gasteiger partial charge on any atom is 0.257 e. The van der Waals surface area contributed by atoms with Gasteiger partial charge in [-0.05, 0) is 71.4 Å². The van der Waals surface area contributed by atoms with Crippen molar-refractivity contribution in [2.24, 2.45) is 11.7 Å². The molecule has 1 aromatic heterocycles. The van der Waals surface area contributed by atoms with Gasteiger partial charge in [0, 0.05) is 47.8 Å². The molecule has 2 amide bonds. The number of hydrogen-bond acceptors (Lipinski definition) is 7. The van der Waals surface area contributed by atoms with E-state index in [1.54, 1.807) is 0 Å². The van der Waals surface area contributed by atoms with Crippen LogP contribution < -0.4 is 11.1 Å². The molecule has 4 atom stereocenters. The van der Waals surface area contributed by atoms with Crippen LogP contribution in [0.5, 0.6) is 0 Å². The summed E-state index contributed by atoms with van der Waals surface area (Å²) in [6.45, 7) is 7.65. The Balaban J connectivity index is 1.23. The van der Waals surface area contributed by atoms with E-state index in [4.69, 9.17) is 5.73 Å². The standard InChI is InChI=1S/C28H41N5O3S/c1-18-7-5-8-19(2)33(18)26(34)20-9-6-14-32(17-20)21-12-15-31(16-13-21)27(35)24-22-10-3-4-11-23(22)37-25(24)30-28(29)36/h3-4,10-11,18-21,28,30,36H,5-9,12-17,29H2,1-2H3/t18-,19+,20?,28?. The molecule has 4 N–H and O–H groups in total. The van der Waals surface area contributed by atoms with Crippen LogP contribution in [-0.4, -0.2) is 82.3 Å². The third-order valence-electron chi connectivity index (χ3n) is 8.61. The molecular weight excluding hydrogens is 486 g/mol. The largest absolute Gasteiger partial charge is 0.361 e. The molecule has 0 bridgehead atoms. The molecule has 9 heteroatoms. The first-order valence-corrected chi connectivity index (χ1v) is 14.7. The maximum absolute atomic E-state index is 13.6. The Kier molecular flexibility index (Phi) is 8.04. The first-order valence-electron chi connectivity index (χ1n) is 13.9. The number of piperidine rings is 3. The topological polar surface area (TPSA) is 102 Å². The lowest BCUT2D eigenvalue weighted by molar-refractivity contribution is -0.144. The number of thiophene rings is 1. The van der Waals surface area contributed by atoms with E-state index in [1.165, 1.54) is 17.8 Å². The Morgan fingerprint density at radius 1 is 1.03 bits per heavy atom. The predicted molar refractivity (Wildman–Crippen MR) is 148 cm³/mol. The molecular formula is C28H41N5O3S. The molecule has 0 radical (unpaired) electrons. The van der Waals surface area contributed by atoms with Crippen LogP contribution in [0.1, 0.15) is 69.2 Å². The summed E-state index contributed by atoms with van der Waals surface area (Å²) >= 11 is 1.44. The fourth-order valence-corrected chi connectivity index (χ4v) is 7.82. The minimum atomic E-state index is -1.23. The Labute approximate surface area is 223 Å². The van der Waals surface area contributed by atoms with E-state index >= 15 is 0 Å². The zero-order chi connectivity index (χ0) is 26.1. The summed E-state index contributed by atoms with van der Waals surface area (Å²) in [7, 11) is 0. The van der Waals surface area contributed by atoms with Gasteiger partial charge in [-0.25, -0.2) is 0 Å². The van der Waals surface area contributed by atoms with Crippen LogP contribution in [-0.2, 0) is 4.79 Å². The number of rotatable bonds is 5. The fraction of sp³-hybridized carbons (Fsp3) is 0.643. The Hall–Kier alpha value is -2.20. The van der Waals surface area contributed by atoms with E-state index in [-0.39, 0.29) is 11.8 Å². The van der Waals surface area contributed by atoms with Gasteiger partial charge in [-0.3, -0.25) is 20.2 Å². The normalized spacial score (nSPS) is 26.9. The molecule has 0 spiro atoms. The molecule has 4 heterocycles. The van der Waals surface area contributed by atoms with Gasteiger partial charge < -0.3 is 20.2 Å². The van der Waals surface area contributed by atoms with E-state index in [0.29, 0.717) is 47.7 Å². The highest BCUT2D eigenvalue weighted by atomic mass is 32.1. The lowest BCUT2D eigenvalue weighted by Crippen LogP contribution is -2.55. The van der Waals surface area contributed by atoms with Crippen molar-refractivity contribution < 1.29 is 14.7 Å². The second-order valence-electron chi connectivity index (χ2n) is 11.1. The number of aliphatic hydroxyl groups is 1. The average Bonchev–Trinajstić information content (AvgIpc) is 3.25. The van der Waals surface area contributed by atoms with Crippen LogP contribution in [0.3, 0.4) is 0 Å². The molecule has 3 aliphatic heterocycles. The van der Waals surface area contributed by atoms with Crippen molar-refractivity contribution in [1.29, 1.82) is 0 Å². The minimum Gasteiger partial charge on any atom is -0.361 e. The number of anilines is 1. The minimum absolute atomic E-state index is 0.0150. The van der Waals surface area contributed by atoms with Crippen molar-refractivity contribution in [2.45, 2.75) is 83.3 Å². The molecule has 1 aromatic carbocycles. The fourth-order valence-electron chi connectivity index (χ4n) is 6.69. The summed E-state index contributed by atoms with van der Waals surface area (Å²) in [5.74, 6) is 0.423. The average molecular weight is 528 g/mol. The number of likely N-dealkylation sites (tertiary alicyclic amines) is 3. The smallest absolute Gasteiger partial charge is 0.257 e.